The first-order chi connectivity index (χ1) is 10.4. The van der Waals surface area contributed by atoms with Gasteiger partial charge in [-0.25, -0.2) is 4.79 Å². The molecule has 4 nitrogen and oxygen atoms in total. The van der Waals surface area contributed by atoms with Crippen molar-refractivity contribution in [1.82, 2.24) is 4.90 Å². The van der Waals surface area contributed by atoms with Gasteiger partial charge in [0.05, 0.1) is 12.1 Å². The van der Waals surface area contributed by atoms with Crippen LogP contribution in [0.4, 0.5) is 10.5 Å². The number of carbonyl (C=O) groups excluding carboxylic acids is 1. The minimum atomic E-state index is -0.407. The van der Waals surface area contributed by atoms with Crippen LogP contribution in [0, 0.1) is 19.8 Å². The summed E-state index contributed by atoms with van der Waals surface area (Å²) >= 11 is 0. The van der Waals surface area contributed by atoms with Crippen LogP contribution < -0.4 is 5.32 Å². The van der Waals surface area contributed by atoms with E-state index in [1.165, 1.54) is 0 Å². The van der Waals surface area contributed by atoms with Crippen LogP contribution in [0.15, 0.2) is 18.2 Å². The third-order valence-electron chi connectivity index (χ3n) is 4.56. The molecule has 0 aromatic heterocycles. The van der Waals surface area contributed by atoms with E-state index in [0.717, 1.165) is 36.1 Å². The zero-order valence-corrected chi connectivity index (χ0v) is 14.1. The number of benzene rings is 1. The van der Waals surface area contributed by atoms with Crippen molar-refractivity contribution in [3.8, 4) is 0 Å². The number of rotatable bonds is 4. The maximum atomic E-state index is 12.7. The van der Waals surface area contributed by atoms with E-state index in [1.54, 1.807) is 0 Å². The highest BCUT2D eigenvalue weighted by Gasteiger charge is 2.43. The number of hydrogen-bond donors (Lipinski definition) is 2. The lowest BCUT2D eigenvalue weighted by molar-refractivity contribution is 0.0728. The van der Waals surface area contributed by atoms with Gasteiger partial charge in [-0.1, -0.05) is 26.0 Å². The molecule has 1 aliphatic rings. The SMILES string of the molecule is Cc1ccc(C)c(NC(=O)N2CCC[C@@]2(CO)CC(C)C)c1. The summed E-state index contributed by atoms with van der Waals surface area (Å²) in [7, 11) is 0. The van der Waals surface area contributed by atoms with E-state index < -0.39 is 5.54 Å². The number of likely N-dealkylation sites (tertiary alicyclic amines) is 1. The average molecular weight is 304 g/mol. The summed E-state index contributed by atoms with van der Waals surface area (Å²) in [4.78, 5) is 14.6. The van der Waals surface area contributed by atoms with Gasteiger partial charge in [0.25, 0.3) is 0 Å². The van der Waals surface area contributed by atoms with E-state index >= 15 is 0 Å². The lowest BCUT2D eigenvalue weighted by Gasteiger charge is -2.38. The number of aliphatic hydroxyl groups excluding tert-OH is 1. The second-order valence-corrected chi connectivity index (χ2v) is 6.98. The Bertz CT molecular complexity index is 542. The zero-order chi connectivity index (χ0) is 16.3. The molecule has 1 heterocycles. The van der Waals surface area contributed by atoms with E-state index in [0.29, 0.717) is 12.5 Å². The molecule has 2 N–H and O–H groups in total. The smallest absolute Gasteiger partial charge is 0.322 e. The fourth-order valence-corrected chi connectivity index (χ4v) is 3.51. The second kappa shape index (κ2) is 6.69. The molecule has 1 aromatic rings. The molecule has 122 valence electrons. The summed E-state index contributed by atoms with van der Waals surface area (Å²) in [6.45, 7) is 9.02. The molecule has 0 aliphatic carbocycles. The largest absolute Gasteiger partial charge is 0.394 e. The van der Waals surface area contributed by atoms with Crippen LogP contribution in [0.5, 0.6) is 0 Å². The zero-order valence-electron chi connectivity index (χ0n) is 14.1. The highest BCUT2D eigenvalue weighted by Crippen LogP contribution is 2.35. The lowest BCUT2D eigenvalue weighted by atomic mass is 9.87. The van der Waals surface area contributed by atoms with E-state index in [2.05, 4.69) is 19.2 Å². The molecule has 0 saturated carbocycles. The Labute approximate surface area is 133 Å². The summed E-state index contributed by atoms with van der Waals surface area (Å²) in [6, 6.07) is 5.95. The lowest BCUT2D eigenvalue weighted by Crippen LogP contribution is -2.52. The van der Waals surface area contributed by atoms with E-state index in [4.69, 9.17) is 0 Å². The van der Waals surface area contributed by atoms with Crippen molar-refractivity contribution in [2.75, 3.05) is 18.5 Å². The van der Waals surface area contributed by atoms with E-state index in [-0.39, 0.29) is 12.6 Å². The first kappa shape index (κ1) is 16.8. The Balaban J connectivity index is 2.18. The van der Waals surface area contributed by atoms with Crippen LogP contribution >= 0.6 is 0 Å². The van der Waals surface area contributed by atoms with Gasteiger partial charge in [0, 0.05) is 12.2 Å². The van der Waals surface area contributed by atoms with Crippen LogP contribution in [0.1, 0.15) is 44.2 Å². The third kappa shape index (κ3) is 3.43. The summed E-state index contributed by atoms with van der Waals surface area (Å²) in [6.07, 6.45) is 2.67. The molecule has 1 atom stereocenters. The number of nitrogens with one attached hydrogen (secondary N) is 1. The normalized spacial score (nSPS) is 21.5. The molecule has 1 saturated heterocycles. The van der Waals surface area contributed by atoms with Gasteiger partial charge in [0.1, 0.15) is 0 Å². The van der Waals surface area contributed by atoms with Crippen molar-refractivity contribution in [2.45, 2.75) is 52.5 Å². The standard InChI is InChI=1S/C18H28N2O2/c1-13(2)11-18(12-21)8-5-9-20(18)17(22)19-16-10-14(3)6-7-15(16)4/h6-7,10,13,21H,5,8-9,11-12H2,1-4H3,(H,19,22)/t18-/m0/s1. The number of aliphatic hydroxyl groups is 1. The van der Waals surface area contributed by atoms with Gasteiger partial charge in [-0.3, -0.25) is 0 Å². The van der Waals surface area contributed by atoms with E-state index in [9.17, 15) is 9.90 Å². The fraction of sp³-hybridized carbons (Fsp3) is 0.611. The van der Waals surface area contributed by atoms with Gasteiger partial charge >= 0.3 is 6.03 Å². The van der Waals surface area contributed by atoms with Crippen molar-refractivity contribution in [2.24, 2.45) is 5.92 Å². The highest BCUT2D eigenvalue weighted by atomic mass is 16.3. The number of urea groups is 1. The Hall–Kier alpha value is -1.55. The molecule has 1 fully saturated rings. The molecule has 2 rings (SSSR count). The first-order valence-corrected chi connectivity index (χ1v) is 8.15. The van der Waals surface area contributed by atoms with Crippen molar-refractivity contribution in [1.29, 1.82) is 0 Å². The third-order valence-corrected chi connectivity index (χ3v) is 4.56. The monoisotopic (exact) mass is 304 g/mol. The van der Waals surface area contributed by atoms with Crippen LogP contribution in [0.25, 0.3) is 0 Å². The van der Waals surface area contributed by atoms with Gasteiger partial charge in [0.2, 0.25) is 0 Å². The Morgan fingerprint density at radius 2 is 2.14 bits per heavy atom. The fourth-order valence-electron chi connectivity index (χ4n) is 3.51. The quantitative estimate of drug-likeness (QED) is 0.891. The molecular formula is C18H28N2O2. The van der Waals surface area contributed by atoms with Crippen LogP contribution in [0.3, 0.4) is 0 Å². The molecule has 2 amide bonds. The van der Waals surface area contributed by atoms with Gasteiger partial charge in [-0.15, -0.1) is 0 Å². The summed E-state index contributed by atoms with van der Waals surface area (Å²) < 4.78 is 0. The van der Waals surface area contributed by atoms with Gasteiger partial charge in [-0.2, -0.15) is 0 Å². The number of amides is 2. The van der Waals surface area contributed by atoms with Gasteiger partial charge in [0.15, 0.2) is 0 Å². The predicted molar refractivity (Wildman–Crippen MR) is 90.1 cm³/mol. The second-order valence-electron chi connectivity index (χ2n) is 6.98. The summed E-state index contributed by atoms with van der Waals surface area (Å²) in [5.41, 5.74) is 2.62. The van der Waals surface area contributed by atoms with Gasteiger partial charge in [-0.05, 0) is 56.2 Å². The summed E-state index contributed by atoms with van der Waals surface area (Å²) in [5, 5.41) is 13.0. The minimum absolute atomic E-state index is 0.0331. The molecule has 1 aliphatic heterocycles. The molecule has 4 heteroatoms. The molecule has 0 radical (unpaired) electrons. The number of anilines is 1. The van der Waals surface area contributed by atoms with Crippen molar-refractivity contribution in [3.63, 3.8) is 0 Å². The van der Waals surface area contributed by atoms with Gasteiger partial charge < -0.3 is 15.3 Å². The Kier molecular flexibility index (Phi) is 5.12. The van der Waals surface area contributed by atoms with Crippen molar-refractivity contribution < 1.29 is 9.90 Å². The van der Waals surface area contributed by atoms with Crippen LogP contribution in [-0.4, -0.2) is 34.7 Å². The number of carbonyl (C=O) groups is 1. The maximum Gasteiger partial charge on any atom is 0.322 e. The predicted octanol–water partition coefficient (Wildman–Crippen LogP) is 3.71. The van der Waals surface area contributed by atoms with E-state index in [1.807, 2.05) is 36.9 Å². The Morgan fingerprint density at radius 3 is 2.77 bits per heavy atom. The molecule has 1 aromatic carbocycles. The van der Waals surface area contributed by atoms with Crippen LogP contribution in [0.2, 0.25) is 0 Å². The molecule has 0 bridgehead atoms. The molecule has 0 spiro atoms. The topological polar surface area (TPSA) is 52.6 Å². The maximum absolute atomic E-state index is 12.7. The average Bonchev–Trinajstić information content (AvgIpc) is 2.86. The van der Waals surface area contributed by atoms with Crippen LogP contribution in [-0.2, 0) is 0 Å². The van der Waals surface area contributed by atoms with Crippen molar-refractivity contribution >= 4 is 11.7 Å². The molecule has 22 heavy (non-hydrogen) atoms. The number of aryl methyl sites for hydroxylation is 2. The Morgan fingerprint density at radius 1 is 1.41 bits per heavy atom. The molecular weight excluding hydrogens is 276 g/mol. The summed E-state index contributed by atoms with van der Waals surface area (Å²) in [5.74, 6) is 0.446. The first-order valence-electron chi connectivity index (χ1n) is 8.15. The highest BCUT2D eigenvalue weighted by molar-refractivity contribution is 5.91. The number of hydrogen-bond acceptors (Lipinski definition) is 2. The minimum Gasteiger partial charge on any atom is -0.394 e. The van der Waals surface area contributed by atoms with Crippen molar-refractivity contribution in [3.05, 3.63) is 29.3 Å². The molecule has 0 unspecified atom stereocenters. The number of nitrogens with zero attached hydrogens (tertiary/aromatic N) is 1.